The number of rotatable bonds is 4. The molecular formula is C16H10N2O5. The number of nitro groups is 2. The predicted octanol–water partition coefficient (Wildman–Crippen LogP) is 4.45. The highest BCUT2D eigenvalue weighted by molar-refractivity contribution is 5.83. The maximum Gasteiger partial charge on any atom is 0.280 e. The van der Waals surface area contributed by atoms with Crippen LogP contribution in [0.15, 0.2) is 60.7 Å². The molecule has 0 saturated heterocycles. The lowest BCUT2D eigenvalue weighted by molar-refractivity contribution is -0.394. The standard InChI is InChI=1S/C16H10N2O5/c19-17(20)13-8-14(18(21)22)10-16(9-13)23-15-6-5-11-3-1-2-4-12(11)7-15/h1-10H. The van der Waals surface area contributed by atoms with Gasteiger partial charge in [0.2, 0.25) is 0 Å². The predicted molar refractivity (Wildman–Crippen MR) is 83.8 cm³/mol. The van der Waals surface area contributed by atoms with E-state index in [1.807, 2.05) is 30.3 Å². The molecule has 3 aromatic rings. The van der Waals surface area contributed by atoms with Crippen LogP contribution < -0.4 is 4.74 Å². The lowest BCUT2D eigenvalue weighted by Crippen LogP contribution is -1.94. The van der Waals surface area contributed by atoms with E-state index in [4.69, 9.17) is 4.74 Å². The van der Waals surface area contributed by atoms with Gasteiger partial charge in [0, 0.05) is 0 Å². The van der Waals surface area contributed by atoms with Crippen LogP contribution in [0.25, 0.3) is 10.8 Å². The zero-order valence-electron chi connectivity index (χ0n) is 11.7. The van der Waals surface area contributed by atoms with E-state index in [9.17, 15) is 20.2 Å². The summed E-state index contributed by atoms with van der Waals surface area (Å²) in [5, 5.41) is 23.7. The molecule has 0 heterocycles. The molecule has 0 spiro atoms. The van der Waals surface area contributed by atoms with Crippen LogP contribution in [0.4, 0.5) is 11.4 Å². The lowest BCUT2D eigenvalue weighted by atomic mass is 10.1. The van der Waals surface area contributed by atoms with Gasteiger partial charge in [0.25, 0.3) is 11.4 Å². The third-order valence-corrected chi connectivity index (χ3v) is 3.25. The fourth-order valence-corrected chi connectivity index (χ4v) is 2.20. The fourth-order valence-electron chi connectivity index (χ4n) is 2.20. The molecule has 3 rings (SSSR count). The summed E-state index contributed by atoms with van der Waals surface area (Å²) in [5.74, 6) is 0.486. The Morgan fingerprint density at radius 3 is 1.91 bits per heavy atom. The third-order valence-electron chi connectivity index (χ3n) is 3.25. The summed E-state index contributed by atoms with van der Waals surface area (Å²) >= 11 is 0. The van der Waals surface area contributed by atoms with Crippen molar-refractivity contribution in [2.75, 3.05) is 0 Å². The van der Waals surface area contributed by atoms with Gasteiger partial charge < -0.3 is 4.74 Å². The minimum atomic E-state index is -0.694. The monoisotopic (exact) mass is 310 g/mol. The number of hydrogen-bond acceptors (Lipinski definition) is 5. The molecule has 23 heavy (non-hydrogen) atoms. The molecule has 0 aromatic heterocycles. The van der Waals surface area contributed by atoms with Gasteiger partial charge in [0.15, 0.2) is 0 Å². The normalized spacial score (nSPS) is 10.4. The number of fused-ring (bicyclic) bond motifs is 1. The third kappa shape index (κ3) is 3.08. The topological polar surface area (TPSA) is 95.5 Å². The molecule has 0 amide bonds. The summed E-state index contributed by atoms with van der Waals surface area (Å²) in [5.41, 5.74) is -0.787. The Kier molecular flexibility index (Phi) is 3.60. The average molecular weight is 310 g/mol. The van der Waals surface area contributed by atoms with Gasteiger partial charge in [-0.25, -0.2) is 0 Å². The van der Waals surface area contributed by atoms with Crippen molar-refractivity contribution >= 4 is 22.1 Å². The first-order valence-electron chi connectivity index (χ1n) is 6.63. The smallest absolute Gasteiger partial charge is 0.280 e. The maximum absolute atomic E-state index is 10.9. The van der Waals surface area contributed by atoms with Gasteiger partial charge >= 0.3 is 0 Å². The quantitative estimate of drug-likeness (QED) is 0.524. The van der Waals surface area contributed by atoms with Crippen molar-refractivity contribution < 1.29 is 14.6 Å². The summed E-state index contributed by atoms with van der Waals surface area (Å²) < 4.78 is 5.56. The zero-order chi connectivity index (χ0) is 16.4. The Morgan fingerprint density at radius 2 is 1.30 bits per heavy atom. The van der Waals surface area contributed by atoms with Crippen molar-refractivity contribution in [3.05, 3.63) is 80.9 Å². The number of ether oxygens (including phenoxy) is 1. The van der Waals surface area contributed by atoms with Crippen LogP contribution >= 0.6 is 0 Å². The second kappa shape index (κ2) is 5.72. The van der Waals surface area contributed by atoms with Gasteiger partial charge in [-0.3, -0.25) is 20.2 Å². The average Bonchev–Trinajstić information content (AvgIpc) is 2.54. The van der Waals surface area contributed by atoms with Crippen LogP contribution in [-0.4, -0.2) is 9.85 Å². The van der Waals surface area contributed by atoms with E-state index in [0.717, 1.165) is 29.0 Å². The summed E-state index contributed by atoms with van der Waals surface area (Å²) in [4.78, 5) is 20.4. The number of hydrogen-bond donors (Lipinski definition) is 0. The second-order valence-corrected chi connectivity index (χ2v) is 4.81. The molecule has 0 aliphatic carbocycles. The molecule has 0 saturated carbocycles. The van der Waals surface area contributed by atoms with Crippen molar-refractivity contribution in [3.63, 3.8) is 0 Å². The highest BCUT2D eigenvalue weighted by Crippen LogP contribution is 2.31. The highest BCUT2D eigenvalue weighted by atomic mass is 16.6. The lowest BCUT2D eigenvalue weighted by Gasteiger charge is -2.07. The molecule has 0 radical (unpaired) electrons. The highest BCUT2D eigenvalue weighted by Gasteiger charge is 2.17. The van der Waals surface area contributed by atoms with E-state index < -0.39 is 21.2 Å². The van der Waals surface area contributed by atoms with E-state index >= 15 is 0 Å². The summed E-state index contributed by atoms with van der Waals surface area (Å²) in [6, 6.07) is 16.1. The molecule has 3 aromatic carbocycles. The van der Waals surface area contributed by atoms with E-state index in [1.54, 1.807) is 12.1 Å². The van der Waals surface area contributed by atoms with Gasteiger partial charge in [0.1, 0.15) is 11.5 Å². The molecule has 0 unspecified atom stereocenters. The van der Waals surface area contributed by atoms with Gasteiger partial charge in [-0.2, -0.15) is 0 Å². The molecule has 0 N–H and O–H groups in total. The van der Waals surface area contributed by atoms with E-state index in [2.05, 4.69) is 0 Å². The number of nitrogens with zero attached hydrogens (tertiary/aromatic N) is 2. The second-order valence-electron chi connectivity index (χ2n) is 4.81. The number of nitro benzene ring substituents is 2. The van der Waals surface area contributed by atoms with Crippen LogP contribution in [-0.2, 0) is 0 Å². The van der Waals surface area contributed by atoms with Gasteiger partial charge in [-0.05, 0) is 22.9 Å². The van der Waals surface area contributed by atoms with Crippen LogP contribution in [0.1, 0.15) is 0 Å². The molecule has 0 fully saturated rings. The molecule has 0 atom stereocenters. The molecule has 114 valence electrons. The first-order valence-corrected chi connectivity index (χ1v) is 6.63. The first kappa shape index (κ1) is 14.5. The molecule has 0 aliphatic heterocycles. The van der Waals surface area contributed by atoms with E-state index in [1.165, 1.54) is 0 Å². The number of non-ortho nitro benzene ring substituents is 2. The zero-order valence-corrected chi connectivity index (χ0v) is 11.7. The SMILES string of the molecule is O=[N+]([O-])c1cc(Oc2ccc3ccccc3c2)cc([N+](=O)[O-])c1. The van der Waals surface area contributed by atoms with E-state index in [-0.39, 0.29) is 5.75 Å². The van der Waals surface area contributed by atoms with Gasteiger partial charge in [-0.1, -0.05) is 30.3 Å². The van der Waals surface area contributed by atoms with Crippen LogP contribution in [0.3, 0.4) is 0 Å². The Balaban J connectivity index is 2.00. The molecular weight excluding hydrogens is 300 g/mol. The minimum Gasteiger partial charge on any atom is -0.457 e. The van der Waals surface area contributed by atoms with Crippen molar-refractivity contribution in [2.45, 2.75) is 0 Å². The molecule has 7 heteroatoms. The van der Waals surface area contributed by atoms with Gasteiger partial charge in [0.05, 0.1) is 28.0 Å². The van der Waals surface area contributed by atoms with Crippen molar-refractivity contribution in [1.29, 1.82) is 0 Å². The van der Waals surface area contributed by atoms with Crippen LogP contribution in [0, 0.1) is 20.2 Å². The van der Waals surface area contributed by atoms with Crippen LogP contribution in [0.2, 0.25) is 0 Å². The number of benzene rings is 3. The summed E-state index contributed by atoms with van der Waals surface area (Å²) in [6.07, 6.45) is 0. The fraction of sp³-hybridized carbons (Fsp3) is 0. The first-order chi connectivity index (χ1) is 11.0. The largest absolute Gasteiger partial charge is 0.457 e. The van der Waals surface area contributed by atoms with Crippen molar-refractivity contribution in [1.82, 2.24) is 0 Å². The Morgan fingerprint density at radius 1 is 0.696 bits per heavy atom. The van der Waals surface area contributed by atoms with Crippen molar-refractivity contribution in [3.8, 4) is 11.5 Å². The molecule has 0 bridgehead atoms. The maximum atomic E-state index is 10.9. The van der Waals surface area contributed by atoms with Crippen molar-refractivity contribution in [2.24, 2.45) is 0 Å². The summed E-state index contributed by atoms with van der Waals surface area (Å²) in [6.45, 7) is 0. The Labute approximate surface area is 130 Å². The van der Waals surface area contributed by atoms with Gasteiger partial charge in [-0.15, -0.1) is 0 Å². The Hall–Kier alpha value is -3.48. The Bertz CT molecular complexity index is 891. The molecule has 0 aliphatic rings. The molecule has 7 nitrogen and oxygen atoms in total. The summed E-state index contributed by atoms with van der Waals surface area (Å²) in [7, 11) is 0. The minimum absolute atomic E-state index is 0.0428. The van der Waals surface area contributed by atoms with E-state index in [0.29, 0.717) is 5.75 Å². The van der Waals surface area contributed by atoms with Crippen LogP contribution in [0.5, 0.6) is 11.5 Å².